The number of hydrogen-bond donors (Lipinski definition) is 1. The second-order valence-electron chi connectivity index (χ2n) is 6.17. The van der Waals surface area contributed by atoms with E-state index in [-0.39, 0.29) is 23.2 Å². The molecule has 0 aliphatic carbocycles. The normalized spacial score (nSPS) is 18.3. The molecule has 3 rings (SSSR count). The van der Waals surface area contributed by atoms with Gasteiger partial charge in [-0.2, -0.15) is 0 Å². The molecule has 27 heavy (non-hydrogen) atoms. The van der Waals surface area contributed by atoms with E-state index in [1.54, 1.807) is 0 Å². The summed E-state index contributed by atoms with van der Waals surface area (Å²) in [7, 11) is -3.05. The van der Waals surface area contributed by atoms with E-state index in [1.165, 1.54) is 18.2 Å². The van der Waals surface area contributed by atoms with Crippen molar-refractivity contribution in [1.82, 2.24) is 10.2 Å². The average molecular weight is 396 g/mol. The molecular weight excluding hydrogens is 378 g/mol. The van der Waals surface area contributed by atoms with E-state index >= 15 is 0 Å². The Hall–Kier alpha value is -2.62. The molecule has 0 saturated carbocycles. The topological polar surface area (TPSA) is 92.3 Å². The van der Waals surface area contributed by atoms with Crippen molar-refractivity contribution in [3.8, 4) is 0 Å². The number of aromatic nitrogens is 2. The molecule has 1 saturated heterocycles. The number of sulfone groups is 1. The molecule has 1 amide bonds. The number of nitrogens with one attached hydrogen (secondary N) is 1. The molecule has 1 fully saturated rings. The Morgan fingerprint density at radius 3 is 2.44 bits per heavy atom. The van der Waals surface area contributed by atoms with Gasteiger partial charge < -0.3 is 10.2 Å². The zero-order valence-electron chi connectivity index (χ0n) is 14.5. The van der Waals surface area contributed by atoms with Gasteiger partial charge in [0.15, 0.2) is 21.3 Å². The first-order chi connectivity index (χ1) is 12.8. The fraction of sp³-hybridized carbons (Fsp3) is 0.353. The molecule has 0 radical (unpaired) electrons. The van der Waals surface area contributed by atoms with Gasteiger partial charge in [-0.25, -0.2) is 17.2 Å². The molecule has 2 heterocycles. The van der Waals surface area contributed by atoms with E-state index in [4.69, 9.17) is 0 Å². The summed E-state index contributed by atoms with van der Waals surface area (Å²) < 4.78 is 50.6. The zero-order chi connectivity index (χ0) is 19.6. The van der Waals surface area contributed by atoms with Crippen molar-refractivity contribution in [3.05, 3.63) is 47.7 Å². The molecule has 1 aliphatic heterocycles. The van der Waals surface area contributed by atoms with E-state index in [2.05, 4.69) is 15.5 Å². The lowest BCUT2D eigenvalue weighted by Gasteiger charge is -2.27. The standard InChI is InChI=1S/C17H18F2N4O3S/c1-2-23(11-8-9-27(25,26)10-11)15-7-6-14(21-22-15)17(24)20-16-12(18)4-3-5-13(16)19/h3-7,11H,2,8-10H2,1H3,(H,20,24). The van der Waals surface area contributed by atoms with Gasteiger partial charge in [-0.15, -0.1) is 10.2 Å². The van der Waals surface area contributed by atoms with Crippen LogP contribution in [0.4, 0.5) is 20.3 Å². The summed E-state index contributed by atoms with van der Waals surface area (Å²) in [6.45, 7) is 2.40. The molecule has 1 aliphatic rings. The third kappa shape index (κ3) is 4.21. The molecule has 2 aromatic rings. The lowest BCUT2D eigenvalue weighted by molar-refractivity contribution is 0.102. The number of nitrogens with zero attached hydrogens (tertiary/aromatic N) is 3. The van der Waals surface area contributed by atoms with E-state index < -0.39 is 33.1 Å². The van der Waals surface area contributed by atoms with Crippen molar-refractivity contribution in [2.45, 2.75) is 19.4 Å². The van der Waals surface area contributed by atoms with Crippen LogP contribution in [0.15, 0.2) is 30.3 Å². The van der Waals surface area contributed by atoms with Gasteiger partial charge in [0, 0.05) is 12.6 Å². The summed E-state index contributed by atoms with van der Waals surface area (Å²) in [5, 5.41) is 9.93. The van der Waals surface area contributed by atoms with Gasteiger partial charge in [-0.1, -0.05) is 6.07 Å². The Morgan fingerprint density at radius 2 is 1.93 bits per heavy atom. The van der Waals surface area contributed by atoms with Crippen LogP contribution in [-0.2, 0) is 9.84 Å². The minimum atomic E-state index is -3.05. The Kier molecular flexibility index (Phi) is 5.36. The van der Waals surface area contributed by atoms with Crippen LogP contribution in [-0.4, -0.2) is 48.6 Å². The van der Waals surface area contributed by atoms with E-state index in [1.807, 2.05) is 11.8 Å². The zero-order valence-corrected chi connectivity index (χ0v) is 15.3. The average Bonchev–Trinajstić information content (AvgIpc) is 2.99. The van der Waals surface area contributed by atoms with Crippen molar-refractivity contribution < 1.29 is 22.0 Å². The summed E-state index contributed by atoms with van der Waals surface area (Å²) >= 11 is 0. The number of carbonyl (C=O) groups is 1. The largest absolute Gasteiger partial charge is 0.351 e. The third-order valence-electron chi connectivity index (χ3n) is 4.37. The number of halogens is 2. The maximum absolute atomic E-state index is 13.6. The van der Waals surface area contributed by atoms with Crippen LogP contribution in [0.5, 0.6) is 0 Å². The highest BCUT2D eigenvalue weighted by Gasteiger charge is 2.32. The van der Waals surface area contributed by atoms with Crippen molar-refractivity contribution in [1.29, 1.82) is 0 Å². The van der Waals surface area contributed by atoms with Crippen molar-refractivity contribution >= 4 is 27.2 Å². The van der Waals surface area contributed by atoms with Gasteiger partial charge >= 0.3 is 0 Å². The maximum atomic E-state index is 13.6. The third-order valence-corrected chi connectivity index (χ3v) is 6.12. The molecular formula is C17H18F2N4O3S. The number of carbonyl (C=O) groups excluding carboxylic acids is 1. The maximum Gasteiger partial charge on any atom is 0.276 e. The first-order valence-electron chi connectivity index (χ1n) is 8.37. The van der Waals surface area contributed by atoms with Gasteiger partial charge in [0.1, 0.15) is 17.3 Å². The SMILES string of the molecule is CCN(c1ccc(C(=O)Nc2c(F)cccc2F)nn1)C1CCS(=O)(=O)C1. The number of para-hydroxylation sites is 1. The molecule has 1 unspecified atom stereocenters. The van der Waals surface area contributed by atoms with E-state index in [9.17, 15) is 22.0 Å². The van der Waals surface area contributed by atoms with Crippen LogP contribution in [0, 0.1) is 11.6 Å². The second kappa shape index (κ2) is 7.55. The Morgan fingerprint density at radius 1 is 1.22 bits per heavy atom. The summed E-state index contributed by atoms with van der Waals surface area (Å²) in [6.07, 6.45) is 0.507. The number of amides is 1. The summed E-state index contributed by atoms with van der Waals surface area (Å²) in [5.41, 5.74) is -0.670. The number of rotatable bonds is 5. The van der Waals surface area contributed by atoms with Crippen LogP contribution >= 0.6 is 0 Å². The number of benzene rings is 1. The molecule has 0 spiro atoms. The Bertz CT molecular complexity index is 931. The van der Waals surface area contributed by atoms with Crippen molar-refractivity contribution in [2.24, 2.45) is 0 Å². The Labute approximate surface area is 155 Å². The van der Waals surface area contributed by atoms with Crippen LogP contribution in [0.1, 0.15) is 23.8 Å². The molecule has 1 aromatic heterocycles. The highest BCUT2D eigenvalue weighted by atomic mass is 32.2. The van der Waals surface area contributed by atoms with E-state index in [0.717, 1.165) is 12.1 Å². The first-order valence-corrected chi connectivity index (χ1v) is 10.2. The summed E-state index contributed by atoms with van der Waals surface area (Å²) in [5.74, 6) is -1.97. The number of anilines is 2. The molecule has 144 valence electrons. The minimum absolute atomic E-state index is 0.0529. The van der Waals surface area contributed by atoms with Gasteiger partial charge in [-0.05, 0) is 37.6 Å². The molecule has 10 heteroatoms. The second-order valence-corrected chi connectivity index (χ2v) is 8.40. The molecule has 7 nitrogen and oxygen atoms in total. The lowest BCUT2D eigenvalue weighted by Crippen LogP contribution is -2.37. The van der Waals surface area contributed by atoms with Crippen LogP contribution < -0.4 is 10.2 Å². The highest BCUT2D eigenvalue weighted by Crippen LogP contribution is 2.23. The Balaban J connectivity index is 1.75. The fourth-order valence-electron chi connectivity index (χ4n) is 3.02. The van der Waals surface area contributed by atoms with Gasteiger partial charge in [-0.3, -0.25) is 4.79 Å². The van der Waals surface area contributed by atoms with Crippen LogP contribution in [0.2, 0.25) is 0 Å². The molecule has 1 aromatic carbocycles. The van der Waals surface area contributed by atoms with E-state index in [0.29, 0.717) is 18.8 Å². The van der Waals surface area contributed by atoms with Crippen molar-refractivity contribution in [2.75, 3.05) is 28.3 Å². The highest BCUT2D eigenvalue weighted by molar-refractivity contribution is 7.91. The van der Waals surface area contributed by atoms with Crippen LogP contribution in [0.25, 0.3) is 0 Å². The lowest BCUT2D eigenvalue weighted by atomic mass is 10.2. The monoisotopic (exact) mass is 396 g/mol. The van der Waals surface area contributed by atoms with Crippen LogP contribution in [0.3, 0.4) is 0 Å². The molecule has 1 N–H and O–H groups in total. The predicted octanol–water partition coefficient (Wildman–Crippen LogP) is 2.02. The quantitative estimate of drug-likeness (QED) is 0.831. The molecule has 1 atom stereocenters. The summed E-state index contributed by atoms with van der Waals surface area (Å²) in [4.78, 5) is 14.0. The smallest absolute Gasteiger partial charge is 0.276 e. The van der Waals surface area contributed by atoms with Crippen molar-refractivity contribution in [3.63, 3.8) is 0 Å². The van der Waals surface area contributed by atoms with Gasteiger partial charge in [0.2, 0.25) is 0 Å². The first kappa shape index (κ1) is 19.2. The predicted molar refractivity (Wildman–Crippen MR) is 96.4 cm³/mol. The number of hydrogen-bond acceptors (Lipinski definition) is 6. The fourth-order valence-corrected chi connectivity index (χ4v) is 4.75. The summed E-state index contributed by atoms with van der Waals surface area (Å²) in [6, 6.07) is 5.97. The minimum Gasteiger partial charge on any atom is -0.351 e. The molecule has 0 bridgehead atoms. The van der Waals surface area contributed by atoms with Gasteiger partial charge in [0.05, 0.1) is 11.5 Å². The van der Waals surface area contributed by atoms with Gasteiger partial charge in [0.25, 0.3) is 5.91 Å².